The van der Waals surface area contributed by atoms with E-state index in [0.29, 0.717) is 0 Å². The molecule has 0 radical (unpaired) electrons. The number of thiol groups is 1. The first-order valence-electron chi connectivity index (χ1n) is 3.60. The molecule has 12 heavy (non-hydrogen) atoms. The molecule has 0 saturated heterocycles. The van der Waals surface area contributed by atoms with E-state index in [1.807, 2.05) is 12.1 Å². The molecule has 0 amide bonds. The Balaban J connectivity index is 0.000000354. The highest BCUT2D eigenvalue weighted by Crippen LogP contribution is 2.07. The van der Waals surface area contributed by atoms with Gasteiger partial charge in [0.25, 0.3) is 6.47 Å². The van der Waals surface area contributed by atoms with Gasteiger partial charge in [0.05, 0.1) is 0 Å². The summed E-state index contributed by atoms with van der Waals surface area (Å²) in [5.74, 6) is 0. The number of aryl methyl sites for hydroxylation is 1. The fraction of sp³-hybridized carbons (Fsp3) is 0.222. The van der Waals surface area contributed by atoms with E-state index < -0.39 is 0 Å². The molecule has 0 atom stereocenters. The lowest BCUT2D eigenvalue weighted by Gasteiger charge is -1.93. The van der Waals surface area contributed by atoms with E-state index in [1.54, 1.807) is 0 Å². The molecule has 1 N–H and O–H groups in total. The molecule has 0 aromatic heterocycles. The van der Waals surface area contributed by atoms with Crippen LogP contribution in [0.1, 0.15) is 12.5 Å². The quantitative estimate of drug-likeness (QED) is 0.519. The van der Waals surface area contributed by atoms with Crippen molar-refractivity contribution in [3.05, 3.63) is 29.8 Å². The summed E-state index contributed by atoms with van der Waals surface area (Å²) in [5, 5.41) is 6.89. The Labute approximate surface area is 77.6 Å². The van der Waals surface area contributed by atoms with Crippen LogP contribution in [-0.2, 0) is 11.2 Å². The molecule has 0 bridgehead atoms. The molecular formula is C9H12O2S. The molecule has 0 aliphatic carbocycles. The van der Waals surface area contributed by atoms with Gasteiger partial charge >= 0.3 is 0 Å². The normalized spacial score (nSPS) is 8.17. The third kappa shape index (κ3) is 4.79. The molecule has 0 unspecified atom stereocenters. The van der Waals surface area contributed by atoms with Crippen molar-refractivity contribution in [2.24, 2.45) is 0 Å². The number of hydrogen-bond donors (Lipinski definition) is 2. The van der Waals surface area contributed by atoms with E-state index in [2.05, 4.69) is 31.7 Å². The average molecular weight is 184 g/mol. The molecule has 0 heterocycles. The summed E-state index contributed by atoms with van der Waals surface area (Å²) in [7, 11) is 0. The zero-order valence-corrected chi connectivity index (χ0v) is 7.79. The average Bonchev–Trinajstić information content (AvgIpc) is 2.07. The molecule has 2 nitrogen and oxygen atoms in total. The second-order valence-electron chi connectivity index (χ2n) is 2.13. The van der Waals surface area contributed by atoms with Crippen molar-refractivity contribution in [2.75, 3.05) is 0 Å². The second kappa shape index (κ2) is 6.73. The number of benzene rings is 1. The van der Waals surface area contributed by atoms with Crippen molar-refractivity contribution in [1.29, 1.82) is 0 Å². The van der Waals surface area contributed by atoms with E-state index in [9.17, 15) is 0 Å². The van der Waals surface area contributed by atoms with Crippen LogP contribution in [-0.4, -0.2) is 11.6 Å². The number of rotatable bonds is 1. The Morgan fingerprint density at radius 2 is 1.83 bits per heavy atom. The van der Waals surface area contributed by atoms with Crippen LogP contribution >= 0.6 is 12.6 Å². The molecule has 0 spiro atoms. The van der Waals surface area contributed by atoms with Gasteiger partial charge in [0, 0.05) is 4.90 Å². The van der Waals surface area contributed by atoms with E-state index in [-0.39, 0.29) is 6.47 Å². The number of hydrogen-bond acceptors (Lipinski definition) is 2. The first-order valence-corrected chi connectivity index (χ1v) is 4.05. The van der Waals surface area contributed by atoms with Crippen LogP contribution in [0.5, 0.6) is 0 Å². The van der Waals surface area contributed by atoms with Crippen molar-refractivity contribution >= 4 is 19.1 Å². The van der Waals surface area contributed by atoms with Gasteiger partial charge in [-0.1, -0.05) is 19.1 Å². The zero-order chi connectivity index (χ0) is 9.40. The Kier molecular flexibility index (Phi) is 6.19. The summed E-state index contributed by atoms with van der Waals surface area (Å²) in [6, 6.07) is 8.23. The summed E-state index contributed by atoms with van der Waals surface area (Å²) in [6.45, 7) is 1.90. The summed E-state index contributed by atoms with van der Waals surface area (Å²) < 4.78 is 0. The van der Waals surface area contributed by atoms with Crippen LogP contribution in [0.4, 0.5) is 0 Å². The minimum Gasteiger partial charge on any atom is -0.483 e. The molecule has 66 valence electrons. The third-order valence-electron chi connectivity index (χ3n) is 1.34. The van der Waals surface area contributed by atoms with Crippen molar-refractivity contribution < 1.29 is 9.90 Å². The van der Waals surface area contributed by atoms with Gasteiger partial charge in [-0.3, -0.25) is 4.79 Å². The zero-order valence-electron chi connectivity index (χ0n) is 6.90. The highest BCUT2D eigenvalue weighted by Gasteiger charge is 1.85. The van der Waals surface area contributed by atoms with Gasteiger partial charge in [-0.25, -0.2) is 0 Å². The highest BCUT2D eigenvalue weighted by atomic mass is 32.1. The van der Waals surface area contributed by atoms with Gasteiger partial charge < -0.3 is 5.11 Å². The van der Waals surface area contributed by atoms with Gasteiger partial charge in [-0.15, -0.1) is 12.6 Å². The first-order chi connectivity index (χ1) is 5.74. The Bertz CT molecular complexity index is 218. The van der Waals surface area contributed by atoms with Crippen LogP contribution in [0.25, 0.3) is 0 Å². The molecule has 1 aromatic rings. The maximum atomic E-state index is 8.36. The first kappa shape index (κ1) is 11.0. The monoisotopic (exact) mass is 184 g/mol. The van der Waals surface area contributed by atoms with Gasteiger partial charge in [0.2, 0.25) is 0 Å². The van der Waals surface area contributed by atoms with Gasteiger partial charge in [0.1, 0.15) is 0 Å². The topological polar surface area (TPSA) is 37.3 Å². The summed E-state index contributed by atoms with van der Waals surface area (Å²) in [5.41, 5.74) is 1.37. The summed E-state index contributed by atoms with van der Waals surface area (Å²) >= 11 is 4.17. The SMILES string of the molecule is CCc1ccc(S)cc1.O=CO. The van der Waals surface area contributed by atoms with E-state index >= 15 is 0 Å². The Hall–Kier alpha value is -0.960. The van der Waals surface area contributed by atoms with Gasteiger partial charge in [-0.2, -0.15) is 0 Å². The lowest BCUT2D eigenvalue weighted by atomic mass is 10.2. The van der Waals surface area contributed by atoms with Gasteiger partial charge in [0.15, 0.2) is 0 Å². The predicted octanol–water partition coefficient (Wildman–Crippen LogP) is 2.24. The van der Waals surface area contributed by atoms with Crippen molar-refractivity contribution in [3.63, 3.8) is 0 Å². The van der Waals surface area contributed by atoms with Gasteiger partial charge in [-0.05, 0) is 24.1 Å². The van der Waals surface area contributed by atoms with Crippen LogP contribution in [0, 0.1) is 0 Å². The summed E-state index contributed by atoms with van der Waals surface area (Å²) in [4.78, 5) is 9.40. The van der Waals surface area contributed by atoms with E-state index in [1.165, 1.54) is 5.56 Å². The minimum atomic E-state index is -0.250. The van der Waals surface area contributed by atoms with Crippen LogP contribution < -0.4 is 0 Å². The molecule has 1 rings (SSSR count). The molecule has 3 heteroatoms. The van der Waals surface area contributed by atoms with Crippen LogP contribution in [0.15, 0.2) is 29.2 Å². The highest BCUT2D eigenvalue weighted by molar-refractivity contribution is 7.80. The van der Waals surface area contributed by atoms with Crippen molar-refractivity contribution in [3.8, 4) is 0 Å². The maximum absolute atomic E-state index is 8.36. The Morgan fingerprint density at radius 1 is 1.42 bits per heavy atom. The summed E-state index contributed by atoms with van der Waals surface area (Å²) in [6.07, 6.45) is 1.11. The van der Waals surface area contributed by atoms with Crippen LogP contribution in [0.3, 0.4) is 0 Å². The predicted molar refractivity (Wildman–Crippen MR) is 51.8 cm³/mol. The maximum Gasteiger partial charge on any atom is 0.290 e. The second-order valence-corrected chi connectivity index (χ2v) is 2.64. The van der Waals surface area contributed by atoms with Crippen molar-refractivity contribution in [1.82, 2.24) is 0 Å². The molecule has 0 fully saturated rings. The lowest BCUT2D eigenvalue weighted by Crippen LogP contribution is -1.76. The molecular weight excluding hydrogens is 172 g/mol. The number of carbonyl (C=O) groups is 1. The number of carboxylic acid groups (broad SMARTS) is 1. The van der Waals surface area contributed by atoms with Crippen molar-refractivity contribution in [2.45, 2.75) is 18.2 Å². The fourth-order valence-corrected chi connectivity index (χ4v) is 0.881. The largest absolute Gasteiger partial charge is 0.483 e. The molecule has 0 saturated carbocycles. The Morgan fingerprint density at radius 3 is 2.17 bits per heavy atom. The molecule has 0 aliphatic rings. The smallest absolute Gasteiger partial charge is 0.290 e. The van der Waals surface area contributed by atoms with E-state index in [0.717, 1.165) is 11.3 Å². The van der Waals surface area contributed by atoms with E-state index in [4.69, 9.17) is 9.90 Å². The standard InChI is InChI=1S/C8H10S.CH2O2/c1-2-7-3-5-8(9)6-4-7;2-1-3/h3-6,9H,2H2,1H3;1H,(H,2,3). The fourth-order valence-electron chi connectivity index (χ4n) is 0.732. The van der Waals surface area contributed by atoms with Crippen LogP contribution in [0.2, 0.25) is 0 Å². The minimum absolute atomic E-state index is 0.250. The third-order valence-corrected chi connectivity index (χ3v) is 1.64. The molecule has 1 aromatic carbocycles. The molecule has 0 aliphatic heterocycles. The lowest BCUT2D eigenvalue weighted by molar-refractivity contribution is -0.122.